The number of ether oxygens (including phenoxy) is 1. The molecule has 0 bridgehead atoms. The van der Waals surface area contributed by atoms with Crippen LogP contribution in [0.3, 0.4) is 0 Å². The molecule has 0 amide bonds. The first kappa shape index (κ1) is 12.7. The molecule has 1 heterocycles. The van der Waals surface area contributed by atoms with E-state index >= 15 is 0 Å². The third-order valence-corrected chi connectivity index (χ3v) is 3.14. The van der Waals surface area contributed by atoms with Crippen molar-refractivity contribution >= 4 is 0 Å². The molecule has 1 aromatic heterocycles. The van der Waals surface area contributed by atoms with Crippen molar-refractivity contribution in [1.29, 1.82) is 0 Å². The molecule has 0 aliphatic rings. The Kier molecular flexibility index (Phi) is 3.72. The lowest BCUT2D eigenvalue weighted by molar-refractivity contribution is 0.407. The van der Waals surface area contributed by atoms with Crippen LogP contribution in [0.5, 0.6) is 5.75 Å². The van der Waals surface area contributed by atoms with Gasteiger partial charge in [-0.1, -0.05) is 12.1 Å². The van der Waals surface area contributed by atoms with Crippen LogP contribution in [0.4, 0.5) is 0 Å². The van der Waals surface area contributed by atoms with Crippen LogP contribution in [-0.2, 0) is 0 Å². The molecule has 0 aliphatic carbocycles. The van der Waals surface area contributed by atoms with E-state index in [4.69, 9.17) is 9.15 Å². The summed E-state index contributed by atoms with van der Waals surface area (Å²) in [5, 5.41) is 3.28. The summed E-state index contributed by atoms with van der Waals surface area (Å²) in [5.41, 5.74) is 3.46. The van der Waals surface area contributed by atoms with Gasteiger partial charge in [-0.3, -0.25) is 0 Å². The third-order valence-electron chi connectivity index (χ3n) is 3.14. The third kappa shape index (κ3) is 2.27. The highest BCUT2D eigenvalue weighted by Gasteiger charge is 2.17. The van der Waals surface area contributed by atoms with E-state index in [2.05, 4.69) is 31.3 Å². The van der Waals surface area contributed by atoms with Crippen molar-refractivity contribution in [2.24, 2.45) is 0 Å². The van der Waals surface area contributed by atoms with Crippen molar-refractivity contribution in [2.75, 3.05) is 14.2 Å². The molecule has 1 N–H and O–H groups in total. The molecule has 0 spiro atoms. The monoisotopic (exact) mass is 245 g/mol. The highest BCUT2D eigenvalue weighted by molar-refractivity contribution is 5.45. The summed E-state index contributed by atoms with van der Waals surface area (Å²) in [5.74, 6) is 1.87. The second-order valence-electron chi connectivity index (χ2n) is 4.43. The number of benzene rings is 1. The molecular formula is C15H19NO2. The molecule has 0 saturated carbocycles. The Labute approximate surface area is 108 Å². The van der Waals surface area contributed by atoms with Crippen LogP contribution < -0.4 is 10.1 Å². The Morgan fingerprint density at radius 1 is 1.22 bits per heavy atom. The van der Waals surface area contributed by atoms with Crippen LogP contribution in [0.15, 0.2) is 34.9 Å². The second kappa shape index (κ2) is 5.27. The van der Waals surface area contributed by atoms with Crippen molar-refractivity contribution in [3.63, 3.8) is 0 Å². The van der Waals surface area contributed by atoms with Gasteiger partial charge >= 0.3 is 0 Å². The Morgan fingerprint density at radius 2 is 1.89 bits per heavy atom. The normalized spacial score (nSPS) is 12.4. The average molecular weight is 245 g/mol. The smallest absolute Gasteiger partial charge is 0.125 e. The van der Waals surface area contributed by atoms with Crippen LogP contribution in [0, 0.1) is 13.8 Å². The first-order valence-corrected chi connectivity index (χ1v) is 6.03. The van der Waals surface area contributed by atoms with E-state index in [-0.39, 0.29) is 6.04 Å². The standard InChI is InChI=1S/C15H19NO2/c1-10-8-12(9-11(2)15(10)17-4)14(16-3)13-6-5-7-18-13/h5-9,14,16H,1-4H3. The molecule has 0 saturated heterocycles. The first-order chi connectivity index (χ1) is 8.67. The number of methoxy groups -OCH3 is 1. The summed E-state index contributed by atoms with van der Waals surface area (Å²) >= 11 is 0. The number of aryl methyl sites for hydroxylation is 2. The first-order valence-electron chi connectivity index (χ1n) is 6.03. The van der Waals surface area contributed by atoms with Gasteiger partial charge in [-0.2, -0.15) is 0 Å². The van der Waals surface area contributed by atoms with Gasteiger partial charge in [0.1, 0.15) is 11.5 Å². The minimum Gasteiger partial charge on any atom is -0.496 e. The molecule has 0 fully saturated rings. The van der Waals surface area contributed by atoms with E-state index in [1.165, 1.54) is 5.56 Å². The summed E-state index contributed by atoms with van der Waals surface area (Å²) in [6.45, 7) is 4.12. The zero-order valence-electron chi connectivity index (χ0n) is 11.3. The molecule has 96 valence electrons. The molecule has 3 nitrogen and oxygen atoms in total. The second-order valence-corrected chi connectivity index (χ2v) is 4.43. The topological polar surface area (TPSA) is 34.4 Å². The summed E-state index contributed by atoms with van der Waals surface area (Å²) in [6.07, 6.45) is 1.70. The predicted molar refractivity (Wildman–Crippen MR) is 72.1 cm³/mol. The molecule has 2 aromatic rings. The fraction of sp³-hybridized carbons (Fsp3) is 0.333. The van der Waals surface area contributed by atoms with Crippen molar-refractivity contribution in [3.05, 3.63) is 53.0 Å². The number of hydrogen-bond acceptors (Lipinski definition) is 3. The van der Waals surface area contributed by atoms with Crippen LogP contribution in [0.25, 0.3) is 0 Å². The van der Waals surface area contributed by atoms with Crippen LogP contribution in [0.2, 0.25) is 0 Å². The Hall–Kier alpha value is -1.74. The fourth-order valence-electron chi connectivity index (χ4n) is 2.40. The average Bonchev–Trinajstić information content (AvgIpc) is 2.83. The lowest BCUT2D eigenvalue weighted by Crippen LogP contribution is -2.17. The number of rotatable bonds is 4. The highest BCUT2D eigenvalue weighted by atomic mass is 16.5. The molecule has 1 unspecified atom stereocenters. The number of furan rings is 1. The van der Waals surface area contributed by atoms with Crippen LogP contribution >= 0.6 is 0 Å². The Bertz CT molecular complexity index is 494. The van der Waals surface area contributed by atoms with E-state index in [1.807, 2.05) is 19.2 Å². The summed E-state index contributed by atoms with van der Waals surface area (Å²) in [4.78, 5) is 0. The summed E-state index contributed by atoms with van der Waals surface area (Å²) in [6, 6.07) is 8.23. The van der Waals surface area contributed by atoms with Gasteiger partial charge < -0.3 is 14.5 Å². The highest BCUT2D eigenvalue weighted by Crippen LogP contribution is 2.30. The van der Waals surface area contributed by atoms with E-state index in [1.54, 1.807) is 13.4 Å². The zero-order chi connectivity index (χ0) is 13.1. The SMILES string of the molecule is CNC(c1cc(C)c(OC)c(C)c1)c1ccco1. The molecule has 1 aromatic carbocycles. The molecular weight excluding hydrogens is 226 g/mol. The largest absolute Gasteiger partial charge is 0.496 e. The lowest BCUT2D eigenvalue weighted by Gasteiger charge is -2.17. The van der Waals surface area contributed by atoms with Crippen molar-refractivity contribution in [2.45, 2.75) is 19.9 Å². The van der Waals surface area contributed by atoms with E-state index in [0.717, 1.165) is 22.6 Å². The molecule has 3 heteroatoms. The van der Waals surface area contributed by atoms with Gasteiger partial charge in [-0.25, -0.2) is 0 Å². The quantitative estimate of drug-likeness (QED) is 0.898. The van der Waals surface area contributed by atoms with Gasteiger partial charge in [0.25, 0.3) is 0 Å². The lowest BCUT2D eigenvalue weighted by atomic mass is 9.99. The van der Waals surface area contributed by atoms with Gasteiger partial charge in [0, 0.05) is 0 Å². The van der Waals surface area contributed by atoms with Crippen LogP contribution in [-0.4, -0.2) is 14.2 Å². The molecule has 2 rings (SSSR count). The maximum Gasteiger partial charge on any atom is 0.125 e. The van der Waals surface area contributed by atoms with Gasteiger partial charge in [-0.05, 0) is 49.7 Å². The van der Waals surface area contributed by atoms with Gasteiger partial charge in [0.05, 0.1) is 19.4 Å². The van der Waals surface area contributed by atoms with Gasteiger partial charge in [-0.15, -0.1) is 0 Å². The van der Waals surface area contributed by atoms with Gasteiger partial charge in [0.15, 0.2) is 0 Å². The van der Waals surface area contributed by atoms with Crippen LogP contribution in [0.1, 0.15) is 28.5 Å². The van der Waals surface area contributed by atoms with E-state index in [0.29, 0.717) is 0 Å². The summed E-state index contributed by atoms with van der Waals surface area (Å²) in [7, 11) is 3.64. The molecule has 1 atom stereocenters. The summed E-state index contributed by atoms with van der Waals surface area (Å²) < 4.78 is 10.9. The van der Waals surface area contributed by atoms with E-state index in [9.17, 15) is 0 Å². The van der Waals surface area contributed by atoms with Crippen molar-refractivity contribution in [1.82, 2.24) is 5.32 Å². The number of nitrogens with one attached hydrogen (secondary N) is 1. The maximum absolute atomic E-state index is 5.48. The maximum atomic E-state index is 5.48. The molecule has 0 radical (unpaired) electrons. The molecule has 0 aliphatic heterocycles. The van der Waals surface area contributed by atoms with E-state index < -0.39 is 0 Å². The van der Waals surface area contributed by atoms with Crippen molar-refractivity contribution in [3.8, 4) is 5.75 Å². The minimum atomic E-state index is 0.0725. The predicted octanol–water partition coefficient (Wildman–Crippen LogP) is 3.21. The Balaban J connectivity index is 2.44. The molecule has 18 heavy (non-hydrogen) atoms. The number of hydrogen-bond donors (Lipinski definition) is 1. The fourth-order valence-corrected chi connectivity index (χ4v) is 2.40. The zero-order valence-corrected chi connectivity index (χ0v) is 11.3. The minimum absolute atomic E-state index is 0.0725. The Morgan fingerprint density at radius 3 is 2.33 bits per heavy atom. The van der Waals surface area contributed by atoms with Crippen molar-refractivity contribution < 1.29 is 9.15 Å². The van der Waals surface area contributed by atoms with Gasteiger partial charge in [0.2, 0.25) is 0 Å².